The van der Waals surface area contributed by atoms with Crippen molar-refractivity contribution in [3.05, 3.63) is 70.3 Å². The number of esters is 1. The Morgan fingerprint density at radius 3 is 2.19 bits per heavy atom. The van der Waals surface area contributed by atoms with Crippen LogP contribution in [0.15, 0.2) is 42.5 Å². The number of ether oxygens (including phenoxy) is 2. The zero-order valence-electron chi connectivity index (χ0n) is 23.0. The van der Waals surface area contributed by atoms with Crippen molar-refractivity contribution in [2.45, 2.75) is 104 Å². The third-order valence-corrected chi connectivity index (χ3v) is 8.02. The summed E-state index contributed by atoms with van der Waals surface area (Å²) in [5.41, 5.74) is 5.22. The average molecular weight is 493 g/mol. The van der Waals surface area contributed by atoms with Crippen LogP contribution >= 0.6 is 0 Å². The number of carbonyl (C=O) groups excluding carboxylic acids is 1. The molecule has 0 aliphatic carbocycles. The van der Waals surface area contributed by atoms with E-state index in [0.717, 1.165) is 49.0 Å². The molecular weight excluding hydrogens is 448 g/mol. The van der Waals surface area contributed by atoms with E-state index in [-0.39, 0.29) is 17.5 Å². The molecule has 1 aliphatic heterocycles. The topological polar surface area (TPSA) is 55.8 Å². The molecule has 2 aromatic rings. The molecule has 0 aromatic heterocycles. The van der Waals surface area contributed by atoms with Crippen molar-refractivity contribution >= 4 is 12.0 Å². The summed E-state index contributed by atoms with van der Waals surface area (Å²) in [5, 5.41) is 10.8. The van der Waals surface area contributed by atoms with E-state index in [1.807, 2.05) is 13.0 Å². The SMILES string of the molecule is CCC[C@](O)(/C=C/c1ccc(C(CC)(CC)c2ccc(OCC3CCC(=O)O3)c(C)c2)cc1C)CC. The van der Waals surface area contributed by atoms with Crippen LogP contribution in [0.3, 0.4) is 0 Å². The minimum Gasteiger partial charge on any atom is -0.489 e. The molecule has 1 aliphatic rings. The number of carbonyl (C=O) groups is 1. The van der Waals surface area contributed by atoms with Crippen molar-refractivity contribution in [3.8, 4) is 5.75 Å². The zero-order valence-corrected chi connectivity index (χ0v) is 23.0. The molecule has 1 heterocycles. The fraction of sp³-hybridized carbons (Fsp3) is 0.531. The molecule has 1 unspecified atom stereocenters. The lowest BCUT2D eigenvalue weighted by Gasteiger charge is -2.34. The Balaban J connectivity index is 1.85. The average Bonchev–Trinajstić information content (AvgIpc) is 3.29. The molecule has 1 N–H and O–H groups in total. The standard InChI is InChI=1S/C32H44O4/c1-7-18-31(34,8-2)19-17-25-11-12-26(20-23(25)5)32(9-3,10-4)27-13-15-29(24(6)21-27)35-22-28-14-16-30(33)36-28/h11-13,15,17,19-21,28,34H,7-10,14,16,18,22H2,1-6H3/b19-17+/t28?,31-/m0/s1. The molecule has 36 heavy (non-hydrogen) atoms. The summed E-state index contributed by atoms with van der Waals surface area (Å²) in [6.07, 6.45) is 9.54. The Hall–Kier alpha value is -2.59. The lowest BCUT2D eigenvalue weighted by Crippen LogP contribution is -2.26. The Bertz CT molecular complexity index is 1070. The lowest BCUT2D eigenvalue weighted by atomic mass is 9.70. The van der Waals surface area contributed by atoms with Gasteiger partial charge in [-0.2, -0.15) is 0 Å². The van der Waals surface area contributed by atoms with E-state index in [1.165, 1.54) is 16.7 Å². The first-order chi connectivity index (χ1) is 17.2. The Morgan fingerprint density at radius 2 is 1.67 bits per heavy atom. The maximum absolute atomic E-state index is 11.4. The highest BCUT2D eigenvalue weighted by Crippen LogP contribution is 2.41. The van der Waals surface area contributed by atoms with Crippen LogP contribution in [0.5, 0.6) is 5.75 Å². The van der Waals surface area contributed by atoms with Gasteiger partial charge in [-0.1, -0.05) is 76.6 Å². The Morgan fingerprint density at radius 1 is 1.00 bits per heavy atom. The van der Waals surface area contributed by atoms with Crippen LogP contribution in [-0.4, -0.2) is 29.4 Å². The number of hydrogen-bond acceptors (Lipinski definition) is 4. The molecule has 1 saturated heterocycles. The highest BCUT2D eigenvalue weighted by atomic mass is 16.6. The number of rotatable bonds is 12. The predicted molar refractivity (Wildman–Crippen MR) is 148 cm³/mol. The number of cyclic esters (lactones) is 1. The highest BCUT2D eigenvalue weighted by molar-refractivity contribution is 5.71. The first-order valence-corrected chi connectivity index (χ1v) is 13.7. The van der Waals surface area contributed by atoms with Gasteiger partial charge in [0, 0.05) is 11.8 Å². The first kappa shape index (κ1) is 28.0. The second-order valence-corrected chi connectivity index (χ2v) is 10.3. The number of aryl methyl sites for hydroxylation is 2. The van der Waals surface area contributed by atoms with Gasteiger partial charge in [0.05, 0.1) is 5.60 Å². The van der Waals surface area contributed by atoms with Gasteiger partial charge >= 0.3 is 5.97 Å². The van der Waals surface area contributed by atoms with Gasteiger partial charge in [-0.25, -0.2) is 0 Å². The summed E-state index contributed by atoms with van der Waals surface area (Å²) in [4.78, 5) is 11.4. The Kier molecular flexibility index (Phi) is 9.41. The van der Waals surface area contributed by atoms with Crippen LogP contribution in [0, 0.1) is 13.8 Å². The van der Waals surface area contributed by atoms with Crippen molar-refractivity contribution < 1.29 is 19.4 Å². The predicted octanol–water partition coefficient (Wildman–Crippen LogP) is 7.45. The number of hydrogen-bond donors (Lipinski definition) is 1. The molecule has 4 nitrogen and oxygen atoms in total. The third kappa shape index (κ3) is 6.21. The molecule has 0 saturated carbocycles. The summed E-state index contributed by atoms with van der Waals surface area (Å²) < 4.78 is 11.3. The van der Waals surface area contributed by atoms with E-state index < -0.39 is 5.60 Å². The number of benzene rings is 2. The summed E-state index contributed by atoms with van der Waals surface area (Å²) >= 11 is 0. The molecule has 0 spiro atoms. The molecule has 0 bridgehead atoms. The van der Waals surface area contributed by atoms with Crippen LogP contribution in [-0.2, 0) is 14.9 Å². The fourth-order valence-corrected chi connectivity index (χ4v) is 5.44. The van der Waals surface area contributed by atoms with E-state index in [4.69, 9.17) is 9.47 Å². The molecule has 196 valence electrons. The zero-order chi connectivity index (χ0) is 26.3. The fourth-order valence-electron chi connectivity index (χ4n) is 5.44. The van der Waals surface area contributed by atoms with Crippen LogP contribution in [0.2, 0.25) is 0 Å². The number of aliphatic hydroxyl groups is 1. The molecular formula is C32H44O4. The second-order valence-electron chi connectivity index (χ2n) is 10.3. The minimum absolute atomic E-state index is 0.0936. The van der Waals surface area contributed by atoms with Crippen LogP contribution in [0.25, 0.3) is 6.08 Å². The smallest absolute Gasteiger partial charge is 0.306 e. The van der Waals surface area contributed by atoms with Crippen molar-refractivity contribution in [1.82, 2.24) is 0 Å². The molecule has 2 atom stereocenters. The van der Waals surface area contributed by atoms with Crippen molar-refractivity contribution in [1.29, 1.82) is 0 Å². The maximum atomic E-state index is 11.4. The van der Waals surface area contributed by atoms with Gasteiger partial charge in [0.15, 0.2) is 0 Å². The normalized spacial score (nSPS) is 17.9. The van der Waals surface area contributed by atoms with Gasteiger partial charge in [0.25, 0.3) is 0 Å². The van der Waals surface area contributed by atoms with Gasteiger partial charge in [-0.3, -0.25) is 4.79 Å². The van der Waals surface area contributed by atoms with Gasteiger partial charge in [0.1, 0.15) is 18.5 Å². The molecule has 4 heteroatoms. The summed E-state index contributed by atoms with van der Waals surface area (Å²) in [5.74, 6) is 0.708. The molecule has 0 radical (unpaired) electrons. The Labute approximate surface area is 217 Å². The van der Waals surface area contributed by atoms with Gasteiger partial charge in [0.2, 0.25) is 0 Å². The van der Waals surface area contributed by atoms with Gasteiger partial charge in [-0.05, 0) is 79.8 Å². The van der Waals surface area contributed by atoms with Crippen molar-refractivity contribution in [3.63, 3.8) is 0 Å². The molecule has 2 aromatic carbocycles. The lowest BCUT2D eigenvalue weighted by molar-refractivity contribution is -0.142. The first-order valence-electron chi connectivity index (χ1n) is 13.7. The van der Waals surface area contributed by atoms with E-state index in [0.29, 0.717) is 19.4 Å². The van der Waals surface area contributed by atoms with Gasteiger partial charge in [-0.15, -0.1) is 0 Å². The summed E-state index contributed by atoms with van der Waals surface area (Å²) in [6.45, 7) is 13.3. The van der Waals surface area contributed by atoms with E-state index >= 15 is 0 Å². The third-order valence-electron chi connectivity index (χ3n) is 8.02. The summed E-state index contributed by atoms with van der Waals surface area (Å²) in [7, 11) is 0. The second kappa shape index (κ2) is 12.1. The summed E-state index contributed by atoms with van der Waals surface area (Å²) in [6, 6.07) is 13.2. The molecule has 3 rings (SSSR count). The molecule has 1 fully saturated rings. The molecule has 0 amide bonds. The monoisotopic (exact) mass is 492 g/mol. The quantitative estimate of drug-likeness (QED) is 0.313. The minimum atomic E-state index is -0.739. The van der Waals surface area contributed by atoms with Crippen LogP contribution in [0.4, 0.5) is 0 Å². The highest BCUT2D eigenvalue weighted by Gasteiger charge is 2.32. The van der Waals surface area contributed by atoms with E-state index in [2.05, 4.69) is 77.1 Å². The van der Waals surface area contributed by atoms with Crippen LogP contribution in [0.1, 0.15) is 100 Å². The van der Waals surface area contributed by atoms with Gasteiger partial charge < -0.3 is 14.6 Å². The maximum Gasteiger partial charge on any atom is 0.306 e. The van der Waals surface area contributed by atoms with E-state index in [1.54, 1.807) is 0 Å². The van der Waals surface area contributed by atoms with Crippen molar-refractivity contribution in [2.24, 2.45) is 0 Å². The van der Waals surface area contributed by atoms with E-state index in [9.17, 15) is 9.90 Å². The van der Waals surface area contributed by atoms with Crippen molar-refractivity contribution in [2.75, 3.05) is 6.61 Å². The van der Waals surface area contributed by atoms with Crippen LogP contribution < -0.4 is 4.74 Å². The largest absolute Gasteiger partial charge is 0.489 e.